The standard InChI is InChI=1S/C24H20FN3O3/c1-15(29)16-3-5-17(6-4-16)20-11-12-21(31-20)24(30)27-22(23-26-13-14-28(23)2)18-7-9-19(25)10-8-18/h3-14,22H,1-2H3,(H,27,30)/t22-/m0/s1. The van der Waals surface area contributed by atoms with Crippen LogP contribution in [0.25, 0.3) is 11.3 Å². The van der Waals surface area contributed by atoms with E-state index in [0.29, 0.717) is 22.7 Å². The van der Waals surface area contributed by atoms with E-state index in [1.54, 1.807) is 65.5 Å². The molecule has 2 heterocycles. The van der Waals surface area contributed by atoms with Crippen LogP contribution in [-0.2, 0) is 7.05 Å². The number of imidazole rings is 1. The van der Waals surface area contributed by atoms with Gasteiger partial charge in [0.2, 0.25) is 0 Å². The van der Waals surface area contributed by atoms with Gasteiger partial charge in [-0.05, 0) is 36.8 Å². The van der Waals surface area contributed by atoms with Crippen LogP contribution < -0.4 is 5.32 Å². The van der Waals surface area contributed by atoms with Gasteiger partial charge in [-0.2, -0.15) is 0 Å². The molecule has 2 aromatic heterocycles. The van der Waals surface area contributed by atoms with E-state index in [4.69, 9.17) is 4.42 Å². The number of amides is 1. The predicted octanol–water partition coefficient (Wildman–Crippen LogP) is 4.54. The molecule has 0 spiro atoms. The van der Waals surface area contributed by atoms with E-state index >= 15 is 0 Å². The van der Waals surface area contributed by atoms with Crippen molar-refractivity contribution in [3.8, 4) is 11.3 Å². The summed E-state index contributed by atoms with van der Waals surface area (Å²) in [5, 5.41) is 2.92. The maximum absolute atomic E-state index is 13.4. The Morgan fingerprint density at radius 1 is 1.03 bits per heavy atom. The van der Waals surface area contributed by atoms with Gasteiger partial charge in [0.1, 0.15) is 23.4 Å². The van der Waals surface area contributed by atoms with Gasteiger partial charge in [0.15, 0.2) is 11.5 Å². The molecule has 7 heteroatoms. The number of nitrogens with zero attached hydrogens (tertiary/aromatic N) is 2. The highest BCUT2D eigenvalue weighted by molar-refractivity contribution is 5.94. The summed E-state index contributed by atoms with van der Waals surface area (Å²) in [6.45, 7) is 1.50. The van der Waals surface area contributed by atoms with Gasteiger partial charge in [0.05, 0.1) is 0 Å². The normalized spacial score (nSPS) is 11.8. The number of Topliss-reactive ketones (excluding diaryl/α,β-unsaturated/α-hetero) is 1. The van der Waals surface area contributed by atoms with Crippen LogP contribution in [-0.4, -0.2) is 21.2 Å². The Labute approximate surface area is 178 Å². The Balaban J connectivity index is 1.59. The minimum Gasteiger partial charge on any atom is -0.451 e. The number of nitrogens with one attached hydrogen (secondary N) is 1. The molecule has 6 nitrogen and oxygen atoms in total. The van der Waals surface area contributed by atoms with Crippen molar-refractivity contribution < 1.29 is 18.4 Å². The van der Waals surface area contributed by atoms with Crippen LogP contribution in [0.1, 0.15) is 45.3 Å². The SMILES string of the molecule is CC(=O)c1ccc(-c2ccc(C(=O)N[C@@H](c3ccc(F)cc3)c3nccn3C)o2)cc1. The van der Waals surface area contributed by atoms with Crippen molar-refractivity contribution in [2.75, 3.05) is 0 Å². The molecular weight excluding hydrogens is 397 g/mol. The lowest BCUT2D eigenvalue weighted by Gasteiger charge is -2.18. The minimum absolute atomic E-state index is 0.0211. The van der Waals surface area contributed by atoms with Crippen molar-refractivity contribution in [2.24, 2.45) is 7.05 Å². The van der Waals surface area contributed by atoms with E-state index in [0.717, 1.165) is 5.56 Å². The van der Waals surface area contributed by atoms with Gasteiger partial charge >= 0.3 is 0 Å². The van der Waals surface area contributed by atoms with Gasteiger partial charge in [0.25, 0.3) is 5.91 Å². The molecule has 4 aromatic rings. The fraction of sp³-hybridized carbons (Fsp3) is 0.125. The van der Waals surface area contributed by atoms with Crippen LogP contribution >= 0.6 is 0 Å². The summed E-state index contributed by atoms with van der Waals surface area (Å²) < 4.78 is 20.9. The van der Waals surface area contributed by atoms with E-state index in [1.165, 1.54) is 19.1 Å². The second-order valence-corrected chi connectivity index (χ2v) is 7.15. The number of benzene rings is 2. The summed E-state index contributed by atoms with van der Waals surface area (Å²) in [6, 6.07) is 15.6. The highest BCUT2D eigenvalue weighted by atomic mass is 19.1. The summed E-state index contributed by atoms with van der Waals surface area (Å²) in [7, 11) is 1.82. The first-order valence-corrected chi connectivity index (χ1v) is 9.67. The first kappa shape index (κ1) is 20.3. The Bertz CT molecular complexity index is 1220. The highest BCUT2D eigenvalue weighted by Gasteiger charge is 2.23. The van der Waals surface area contributed by atoms with Gasteiger partial charge in [-0.1, -0.05) is 36.4 Å². The molecule has 0 unspecified atom stereocenters. The van der Waals surface area contributed by atoms with Crippen LogP contribution in [0.15, 0.2) is 77.5 Å². The lowest BCUT2D eigenvalue weighted by molar-refractivity contribution is 0.0913. The largest absolute Gasteiger partial charge is 0.451 e. The molecule has 2 aromatic carbocycles. The summed E-state index contributed by atoms with van der Waals surface area (Å²) in [6.07, 6.45) is 3.40. The molecule has 0 radical (unpaired) electrons. The van der Waals surface area contributed by atoms with E-state index in [9.17, 15) is 14.0 Å². The van der Waals surface area contributed by atoms with Crippen LogP contribution in [0.4, 0.5) is 4.39 Å². The molecule has 0 bridgehead atoms. The summed E-state index contributed by atoms with van der Waals surface area (Å²) in [5.41, 5.74) is 2.05. The Hall–Kier alpha value is -4.00. The average Bonchev–Trinajstić information content (AvgIpc) is 3.42. The van der Waals surface area contributed by atoms with E-state index in [1.807, 2.05) is 7.05 Å². The average molecular weight is 417 g/mol. The minimum atomic E-state index is -0.587. The van der Waals surface area contributed by atoms with Crippen LogP contribution in [0.2, 0.25) is 0 Å². The van der Waals surface area contributed by atoms with Crippen LogP contribution in [0, 0.1) is 5.82 Å². The summed E-state index contributed by atoms with van der Waals surface area (Å²) in [4.78, 5) is 28.7. The molecule has 0 aliphatic heterocycles. The Morgan fingerprint density at radius 2 is 1.74 bits per heavy atom. The number of aromatic nitrogens is 2. The number of halogens is 1. The number of aryl methyl sites for hydroxylation is 1. The fourth-order valence-electron chi connectivity index (χ4n) is 3.29. The zero-order valence-electron chi connectivity index (χ0n) is 17.0. The molecule has 0 fully saturated rings. The summed E-state index contributed by atoms with van der Waals surface area (Å²) in [5.74, 6) is 0.436. The molecule has 4 rings (SSSR count). The third-order valence-electron chi connectivity index (χ3n) is 5.00. The maximum atomic E-state index is 13.4. The molecule has 0 aliphatic rings. The van der Waals surface area contributed by atoms with Crippen molar-refractivity contribution >= 4 is 11.7 Å². The number of hydrogen-bond acceptors (Lipinski definition) is 4. The Morgan fingerprint density at radius 3 is 2.35 bits per heavy atom. The second-order valence-electron chi connectivity index (χ2n) is 7.15. The monoisotopic (exact) mass is 417 g/mol. The number of hydrogen-bond donors (Lipinski definition) is 1. The van der Waals surface area contributed by atoms with Crippen LogP contribution in [0.5, 0.6) is 0 Å². The Kier molecular flexibility index (Phi) is 5.49. The smallest absolute Gasteiger partial charge is 0.287 e. The number of carbonyl (C=O) groups excluding carboxylic acids is 2. The molecule has 0 aliphatic carbocycles. The van der Waals surface area contributed by atoms with Crippen molar-refractivity contribution in [2.45, 2.75) is 13.0 Å². The third kappa shape index (κ3) is 4.30. The molecule has 1 amide bonds. The maximum Gasteiger partial charge on any atom is 0.287 e. The number of ketones is 1. The molecule has 0 saturated carbocycles. The van der Waals surface area contributed by atoms with E-state index < -0.39 is 11.9 Å². The molecular formula is C24H20FN3O3. The molecule has 0 saturated heterocycles. The van der Waals surface area contributed by atoms with Crippen molar-refractivity contribution in [1.29, 1.82) is 0 Å². The van der Waals surface area contributed by atoms with E-state index in [-0.39, 0.29) is 17.4 Å². The highest BCUT2D eigenvalue weighted by Crippen LogP contribution is 2.25. The second kappa shape index (κ2) is 8.39. The van der Waals surface area contributed by atoms with Crippen molar-refractivity contribution in [3.05, 3.63) is 102 Å². The molecule has 156 valence electrons. The zero-order valence-corrected chi connectivity index (χ0v) is 17.0. The summed E-state index contributed by atoms with van der Waals surface area (Å²) >= 11 is 0. The van der Waals surface area contributed by atoms with Gasteiger partial charge in [-0.15, -0.1) is 0 Å². The first-order chi connectivity index (χ1) is 14.9. The molecule has 31 heavy (non-hydrogen) atoms. The molecule has 1 atom stereocenters. The van der Waals surface area contributed by atoms with Crippen molar-refractivity contribution in [1.82, 2.24) is 14.9 Å². The quantitative estimate of drug-likeness (QED) is 0.467. The fourth-order valence-corrected chi connectivity index (χ4v) is 3.29. The van der Waals surface area contributed by atoms with Crippen molar-refractivity contribution in [3.63, 3.8) is 0 Å². The lowest BCUT2D eigenvalue weighted by Crippen LogP contribution is -2.30. The zero-order chi connectivity index (χ0) is 22.0. The topological polar surface area (TPSA) is 77.1 Å². The van der Waals surface area contributed by atoms with Gasteiger partial charge in [0, 0.05) is 30.6 Å². The van der Waals surface area contributed by atoms with Gasteiger partial charge in [-0.3, -0.25) is 9.59 Å². The number of furan rings is 1. The lowest BCUT2D eigenvalue weighted by atomic mass is 10.1. The van der Waals surface area contributed by atoms with E-state index in [2.05, 4.69) is 10.3 Å². The predicted molar refractivity (Wildman–Crippen MR) is 113 cm³/mol. The van der Waals surface area contributed by atoms with Gasteiger partial charge < -0.3 is 14.3 Å². The number of rotatable bonds is 6. The number of carbonyl (C=O) groups is 2. The van der Waals surface area contributed by atoms with Gasteiger partial charge in [-0.25, -0.2) is 9.37 Å². The third-order valence-corrected chi connectivity index (χ3v) is 5.00. The molecule has 1 N–H and O–H groups in total. The first-order valence-electron chi connectivity index (χ1n) is 9.67. The van der Waals surface area contributed by atoms with Crippen LogP contribution in [0.3, 0.4) is 0 Å².